The molecule has 0 saturated heterocycles. The molecule has 0 spiro atoms. The minimum absolute atomic E-state index is 0.0438. The lowest BCUT2D eigenvalue weighted by Gasteiger charge is -2.08. The Morgan fingerprint density at radius 2 is 2.06 bits per heavy atom. The summed E-state index contributed by atoms with van der Waals surface area (Å²) in [5.74, 6) is -1.54. The van der Waals surface area contributed by atoms with Crippen LogP contribution in [0.1, 0.15) is 20.3 Å². The summed E-state index contributed by atoms with van der Waals surface area (Å²) in [6.45, 7) is 3.30. The number of aliphatic carboxylic acids is 1. The van der Waals surface area contributed by atoms with Crippen LogP contribution < -0.4 is 0 Å². The second-order valence-electron chi connectivity index (χ2n) is 3.56. The number of carboxylic acid groups (broad SMARTS) is 1. The van der Waals surface area contributed by atoms with Gasteiger partial charge in [0.15, 0.2) is 0 Å². The molecular formula is C9H17N3O5. The molecule has 0 bridgehead atoms. The van der Waals surface area contributed by atoms with Gasteiger partial charge in [0.1, 0.15) is 0 Å². The Morgan fingerprint density at radius 1 is 1.41 bits per heavy atom. The summed E-state index contributed by atoms with van der Waals surface area (Å²) in [6.07, 6.45) is -0.0438. The van der Waals surface area contributed by atoms with Crippen LogP contribution in [-0.4, -0.2) is 42.4 Å². The quantitative estimate of drug-likeness (QED) is 0.224. The van der Waals surface area contributed by atoms with Gasteiger partial charge in [-0.05, 0) is 5.22 Å². The molecule has 0 fully saturated rings. The normalized spacial score (nSPS) is 10.6. The molecule has 0 aliphatic carbocycles. The lowest BCUT2D eigenvalue weighted by molar-refractivity contribution is -0.161. The van der Waals surface area contributed by atoms with E-state index in [0.29, 0.717) is 0 Å². The molecule has 0 heterocycles. The number of hydrogen-bond acceptors (Lipinski definition) is 6. The number of nitrogens with zero attached hydrogens (tertiary/aromatic N) is 3. The van der Waals surface area contributed by atoms with Gasteiger partial charge in [-0.25, -0.2) is 0 Å². The fourth-order valence-corrected chi connectivity index (χ4v) is 0.665. The smallest absolute Gasteiger partial charge is 0.311 e. The molecule has 0 aromatic heterocycles. The Kier molecular flexibility index (Phi) is 7.40. The third-order valence-electron chi connectivity index (χ3n) is 1.62. The summed E-state index contributed by atoms with van der Waals surface area (Å²) < 4.78 is 4.66. The van der Waals surface area contributed by atoms with Gasteiger partial charge in [-0.2, -0.15) is 0 Å². The van der Waals surface area contributed by atoms with Crippen molar-refractivity contribution in [2.45, 2.75) is 20.3 Å². The highest BCUT2D eigenvalue weighted by Crippen LogP contribution is 1.96. The molecule has 0 aromatic carbocycles. The maximum atomic E-state index is 11.0. The van der Waals surface area contributed by atoms with E-state index in [9.17, 15) is 9.59 Å². The second-order valence-corrected chi connectivity index (χ2v) is 3.56. The van der Waals surface area contributed by atoms with E-state index in [0.717, 1.165) is 0 Å². The van der Waals surface area contributed by atoms with Gasteiger partial charge in [0.2, 0.25) is 0 Å². The zero-order chi connectivity index (χ0) is 13.3. The molecule has 1 N–H and O–H groups in total. The predicted molar refractivity (Wildman–Crippen MR) is 56.6 cm³/mol. The van der Waals surface area contributed by atoms with Gasteiger partial charge in [-0.15, -0.1) is 0 Å². The maximum absolute atomic E-state index is 11.0. The van der Waals surface area contributed by atoms with Crippen molar-refractivity contribution in [3.8, 4) is 0 Å². The number of carboxylic acids is 1. The summed E-state index contributed by atoms with van der Waals surface area (Å²) in [7, 11) is 1.55. The average Bonchev–Trinajstić information content (AvgIpc) is 2.25. The number of ether oxygens (including phenoxy) is 1. The number of esters is 1. The van der Waals surface area contributed by atoms with Gasteiger partial charge in [-0.1, -0.05) is 13.8 Å². The molecule has 0 saturated carbocycles. The lowest BCUT2D eigenvalue weighted by atomic mass is 10.2. The summed E-state index contributed by atoms with van der Waals surface area (Å²) >= 11 is 0. The zero-order valence-corrected chi connectivity index (χ0v) is 10.1. The first-order chi connectivity index (χ1) is 7.93. The van der Waals surface area contributed by atoms with E-state index in [-0.39, 0.29) is 31.6 Å². The van der Waals surface area contributed by atoms with Gasteiger partial charge in [0.25, 0.3) is 6.79 Å². The van der Waals surface area contributed by atoms with Crippen LogP contribution in [0.15, 0.2) is 10.5 Å². The van der Waals surface area contributed by atoms with E-state index < -0.39 is 5.97 Å². The SMILES string of the molecule is CC(C)C(=O)OCO/N=N\N(C)CCC(=O)O. The first kappa shape index (κ1) is 15.1. The molecule has 0 aliphatic rings. The van der Waals surface area contributed by atoms with Crippen molar-refractivity contribution >= 4 is 11.9 Å². The van der Waals surface area contributed by atoms with Crippen LogP contribution >= 0.6 is 0 Å². The number of carbonyl (C=O) groups excluding carboxylic acids is 1. The summed E-state index contributed by atoms with van der Waals surface area (Å²) in [4.78, 5) is 25.8. The Labute approximate surface area is 99.1 Å². The molecule has 98 valence electrons. The molecule has 0 aliphatic heterocycles. The Hall–Kier alpha value is -1.86. The third kappa shape index (κ3) is 9.09. The molecule has 8 nitrogen and oxygen atoms in total. The number of carbonyl (C=O) groups is 2. The average molecular weight is 247 g/mol. The first-order valence-electron chi connectivity index (χ1n) is 5.06. The van der Waals surface area contributed by atoms with Gasteiger partial charge >= 0.3 is 11.9 Å². The maximum Gasteiger partial charge on any atom is 0.311 e. The molecule has 8 heteroatoms. The van der Waals surface area contributed by atoms with E-state index in [2.05, 4.69) is 20.1 Å². The highest BCUT2D eigenvalue weighted by molar-refractivity contribution is 5.71. The second kappa shape index (κ2) is 8.31. The van der Waals surface area contributed by atoms with Crippen molar-refractivity contribution in [2.24, 2.45) is 16.4 Å². The van der Waals surface area contributed by atoms with Crippen LogP contribution in [0.3, 0.4) is 0 Å². The molecule has 17 heavy (non-hydrogen) atoms. The van der Waals surface area contributed by atoms with Crippen molar-refractivity contribution in [3.63, 3.8) is 0 Å². The monoisotopic (exact) mass is 247 g/mol. The molecule has 0 amide bonds. The van der Waals surface area contributed by atoms with Crippen molar-refractivity contribution in [1.82, 2.24) is 5.01 Å². The van der Waals surface area contributed by atoms with Crippen LogP contribution in [0, 0.1) is 5.92 Å². The molecule has 0 aromatic rings. The molecule has 0 radical (unpaired) electrons. The first-order valence-corrected chi connectivity index (χ1v) is 5.06. The van der Waals surface area contributed by atoms with E-state index in [1.54, 1.807) is 20.9 Å². The standard InChI is InChI=1S/C9H17N3O5/c1-7(2)9(15)16-6-17-11-10-12(3)5-4-8(13)14/h7H,4-6H2,1-3H3,(H,13,14)/b11-10-. The van der Waals surface area contributed by atoms with Gasteiger partial charge in [0.05, 0.1) is 12.3 Å². The summed E-state index contributed by atoms with van der Waals surface area (Å²) in [5, 5.41) is 16.5. The predicted octanol–water partition coefficient (Wildman–Crippen LogP) is 0.848. The van der Waals surface area contributed by atoms with E-state index in [4.69, 9.17) is 5.11 Å². The fraction of sp³-hybridized carbons (Fsp3) is 0.778. The highest BCUT2D eigenvalue weighted by Gasteiger charge is 2.07. The van der Waals surface area contributed by atoms with Crippen molar-refractivity contribution in [3.05, 3.63) is 0 Å². The molecule has 0 atom stereocenters. The van der Waals surface area contributed by atoms with E-state index in [1.807, 2.05) is 0 Å². The van der Waals surface area contributed by atoms with Crippen molar-refractivity contribution < 1.29 is 24.3 Å². The van der Waals surface area contributed by atoms with Crippen LogP contribution in [0.2, 0.25) is 0 Å². The highest BCUT2D eigenvalue weighted by atomic mass is 16.8. The van der Waals surface area contributed by atoms with Crippen molar-refractivity contribution in [1.29, 1.82) is 0 Å². The Balaban J connectivity index is 3.59. The van der Waals surface area contributed by atoms with E-state index in [1.165, 1.54) is 5.01 Å². The van der Waals surface area contributed by atoms with Crippen LogP contribution in [0.5, 0.6) is 0 Å². The van der Waals surface area contributed by atoms with Gasteiger partial charge < -0.3 is 14.7 Å². The van der Waals surface area contributed by atoms with Crippen LogP contribution in [-0.2, 0) is 19.2 Å². The summed E-state index contributed by atoms with van der Waals surface area (Å²) in [5.41, 5.74) is 0. The van der Waals surface area contributed by atoms with E-state index >= 15 is 0 Å². The minimum atomic E-state index is -0.918. The minimum Gasteiger partial charge on any atom is -0.481 e. The zero-order valence-electron chi connectivity index (χ0n) is 10.1. The largest absolute Gasteiger partial charge is 0.481 e. The lowest BCUT2D eigenvalue weighted by Crippen LogP contribution is -2.16. The van der Waals surface area contributed by atoms with Gasteiger partial charge in [0, 0.05) is 18.9 Å². The van der Waals surface area contributed by atoms with Crippen LogP contribution in [0.25, 0.3) is 0 Å². The Bertz CT molecular complexity index is 280. The topological polar surface area (TPSA) is 101 Å². The number of rotatable bonds is 8. The van der Waals surface area contributed by atoms with Gasteiger partial charge in [-0.3, -0.25) is 14.6 Å². The Morgan fingerprint density at radius 3 is 2.59 bits per heavy atom. The molecule has 0 rings (SSSR count). The fourth-order valence-electron chi connectivity index (χ4n) is 0.665. The molecule has 0 unspecified atom stereocenters. The molecular weight excluding hydrogens is 230 g/mol. The number of hydrogen-bond donors (Lipinski definition) is 1. The van der Waals surface area contributed by atoms with Crippen molar-refractivity contribution in [2.75, 3.05) is 20.4 Å². The third-order valence-corrected chi connectivity index (χ3v) is 1.62. The van der Waals surface area contributed by atoms with Crippen LogP contribution in [0.4, 0.5) is 0 Å². The summed E-state index contributed by atoms with van der Waals surface area (Å²) in [6, 6.07) is 0.